The minimum atomic E-state index is -0.838. The summed E-state index contributed by atoms with van der Waals surface area (Å²) in [6, 6.07) is 9.11. The summed E-state index contributed by atoms with van der Waals surface area (Å²) >= 11 is 0. The lowest BCUT2D eigenvalue weighted by atomic mass is 9.67. The number of piperidine rings is 1. The highest BCUT2D eigenvalue weighted by atomic mass is 16.7. The van der Waals surface area contributed by atoms with Gasteiger partial charge in [0.1, 0.15) is 24.5 Å². The van der Waals surface area contributed by atoms with Gasteiger partial charge in [0.05, 0.1) is 6.04 Å². The van der Waals surface area contributed by atoms with Crippen LogP contribution < -0.4 is 5.32 Å². The van der Waals surface area contributed by atoms with Crippen LogP contribution >= 0.6 is 0 Å². The largest absolute Gasteiger partial charge is 0.444 e. The molecule has 3 amide bonds. The molecule has 5 rings (SSSR count). The molecule has 1 aromatic carbocycles. The molecule has 1 spiro atoms. The number of hydroxylamine groups is 2. The van der Waals surface area contributed by atoms with Gasteiger partial charge in [0.2, 0.25) is 0 Å². The maximum absolute atomic E-state index is 13.2. The molecule has 3 aliphatic heterocycles. The molecule has 3 atom stereocenters. The number of hydrogen-bond acceptors (Lipinski definition) is 6. The van der Waals surface area contributed by atoms with Crippen LogP contribution in [0.25, 0.3) is 0 Å². The lowest BCUT2D eigenvalue weighted by Gasteiger charge is -2.53. The van der Waals surface area contributed by atoms with E-state index >= 15 is 0 Å². The maximum atomic E-state index is 13.2. The summed E-state index contributed by atoms with van der Waals surface area (Å²) in [5, 5.41) is 15.9. The lowest BCUT2D eigenvalue weighted by molar-refractivity contribution is -0.137. The molecule has 1 aromatic rings. The number of aliphatic hydroxyl groups is 1. The lowest BCUT2D eigenvalue weighted by Crippen LogP contribution is -2.62. The van der Waals surface area contributed by atoms with Crippen LogP contribution in [0.2, 0.25) is 0 Å². The van der Waals surface area contributed by atoms with Crippen molar-refractivity contribution in [1.29, 1.82) is 0 Å². The molecule has 0 radical (unpaired) electrons. The van der Waals surface area contributed by atoms with Crippen LogP contribution in [0.3, 0.4) is 0 Å². The van der Waals surface area contributed by atoms with Gasteiger partial charge in [-0.15, -0.1) is 0 Å². The third-order valence-corrected chi connectivity index (χ3v) is 8.17. The smallest absolute Gasteiger partial charge is 0.410 e. The Kier molecular flexibility index (Phi) is 6.98. The molecule has 4 aliphatic rings. The van der Waals surface area contributed by atoms with Gasteiger partial charge in [-0.05, 0) is 64.9 Å². The van der Waals surface area contributed by atoms with Crippen molar-refractivity contribution < 1.29 is 24.3 Å². The number of benzene rings is 1. The fourth-order valence-electron chi connectivity index (χ4n) is 6.20. The number of nitrogens with zero attached hydrogens (tertiary/aromatic N) is 3. The summed E-state index contributed by atoms with van der Waals surface area (Å²) in [5.74, 6) is 0. The van der Waals surface area contributed by atoms with Crippen LogP contribution in [0, 0.1) is 5.41 Å². The highest BCUT2D eigenvalue weighted by Crippen LogP contribution is 2.45. The predicted molar refractivity (Wildman–Crippen MR) is 138 cm³/mol. The Balaban J connectivity index is 1.11. The van der Waals surface area contributed by atoms with E-state index in [0.29, 0.717) is 25.1 Å². The van der Waals surface area contributed by atoms with Crippen LogP contribution in [-0.4, -0.2) is 75.1 Å². The quantitative estimate of drug-likeness (QED) is 0.560. The Morgan fingerprint density at radius 3 is 2.49 bits per heavy atom. The van der Waals surface area contributed by atoms with Crippen molar-refractivity contribution in [2.45, 2.75) is 95.9 Å². The molecule has 0 aromatic heterocycles. The molecule has 1 unspecified atom stereocenters. The van der Waals surface area contributed by atoms with Crippen LogP contribution in [0.5, 0.6) is 0 Å². The third-order valence-electron chi connectivity index (χ3n) is 8.17. The summed E-state index contributed by atoms with van der Waals surface area (Å²) < 4.78 is 5.49. The number of urea groups is 1. The Morgan fingerprint density at radius 2 is 1.84 bits per heavy atom. The Morgan fingerprint density at radius 1 is 1.16 bits per heavy atom. The number of fused-ring (bicyclic) bond motifs is 2. The van der Waals surface area contributed by atoms with Crippen LogP contribution in [0.15, 0.2) is 42.6 Å². The fourth-order valence-corrected chi connectivity index (χ4v) is 6.20. The topological polar surface area (TPSA) is 94.6 Å². The van der Waals surface area contributed by atoms with Gasteiger partial charge < -0.3 is 14.7 Å². The molecule has 202 valence electrons. The van der Waals surface area contributed by atoms with Gasteiger partial charge in [0, 0.05) is 30.2 Å². The highest BCUT2D eigenvalue weighted by Gasteiger charge is 2.52. The molecule has 3 heterocycles. The zero-order chi connectivity index (χ0) is 26.4. The second-order valence-electron chi connectivity index (χ2n) is 12.1. The van der Waals surface area contributed by atoms with Crippen molar-refractivity contribution in [3.8, 4) is 0 Å². The Bertz CT molecular complexity index is 1010. The average molecular weight is 513 g/mol. The van der Waals surface area contributed by atoms with Gasteiger partial charge in [-0.25, -0.2) is 9.59 Å². The minimum absolute atomic E-state index is 0.161. The third kappa shape index (κ3) is 5.35. The zero-order valence-corrected chi connectivity index (χ0v) is 22.2. The first-order valence-corrected chi connectivity index (χ1v) is 13.5. The van der Waals surface area contributed by atoms with Crippen molar-refractivity contribution in [3.63, 3.8) is 0 Å². The van der Waals surface area contributed by atoms with E-state index < -0.39 is 11.8 Å². The Hall–Kier alpha value is -2.62. The summed E-state index contributed by atoms with van der Waals surface area (Å²) in [4.78, 5) is 34.8. The summed E-state index contributed by atoms with van der Waals surface area (Å²) in [7, 11) is 0. The first kappa shape index (κ1) is 26.0. The van der Waals surface area contributed by atoms with Crippen molar-refractivity contribution >= 4 is 12.1 Å². The van der Waals surface area contributed by atoms with Gasteiger partial charge in [-0.1, -0.05) is 36.9 Å². The molecule has 1 saturated carbocycles. The van der Waals surface area contributed by atoms with Gasteiger partial charge in [-0.3, -0.25) is 15.1 Å². The SMILES string of the molecule is C=C1[C@H]2CC[C@@H](C(O)NC3CCC4(CC3)CN(C(=O)OC(C)(C)C)C4)N1C(=O)N2OCc1ccccc1. The predicted octanol–water partition coefficient (Wildman–Crippen LogP) is 3.99. The molecular formula is C28H40N4O5. The van der Waals surface area contributed by atoms with Crippen molar-refractivity contribution in [2.24, 2.45) is 5.41 Å². The molecule has 3 saturated heterocycles. The monoisotopic (exact) mass is 512 g/mol. The van der Waals surface area contributed by atoms with Crippen LogP contribution in [0.1, 0.15) is 64.9 Å². The first-order valence-electron chi connectivity index (χ1n) is 13.5. The molecule has 4 fully saturated rings. The summed E-state index contributed by atoms with van der Waals surface area (Å²) in [6.45, 7) is 11.6. The van der Waals surface area contributed by atoms with E-state index in [9.17, 15) is 14.7 Å². The van der Waals surface area contributed by atoms with Crippen molar-refractivity contribution in [1.82, 2.24) is 20.2 Å². The highest BCUT2D eigenvalue weighted by molar-refractivity contribution is 5.80. The minimum Gasteiger partial charge on any atom is -0.444 e. The number of rotatable bonds is 6. The van der Waals surface area contributed by atoms with Gasteiger partial charge in [0.25, 0.3) is 0 Å². The molecule has 9 nitrogen and oxygen atoms in total. The summed E-state index contributed by atoms with van der Waals surface area (Å²) in [5.41, 5.74) is 1.36. The van der Waals surface area contributed by atoms with Gasteiger partial charge >= 0.3 is 12.1 Å². The molecule has 2 N–H and O–H groups in total. The van der Waals surface area contributed by atoms with Gasteiger partial charge in [-0.2, -0.15) is 5.06 Å². The Labute approximate surface area is 219 Å². The number of ether oxygens (including phenoxy) is 1. The van der Waals surface area contributed by atoms with E-state index in [2.05, 4.69) is 11.9 Å². The number of likely N-dealkylation sites (tertiary alicyclic amines) is 1. The average Bonchev–Trinajstić information content (AvgIpc) is 2.96. The molecule has 1 aliphatic carbocycles. The molecular weight excluding hydrogens is 472 g/mol. The number of amides is 3. The van der Waals surface area contributed by atoms with E-state index in [0.717, 1.165) is 44.3 Å². The number of aliphatic hydroxyl groups excluding tert-OH is 1. The van der Waals surface area contributed by atoms with E-state index in [4.69, 9.17) is 9.57 Å². The standard InChI is InChI=1S/C28H40N4O5/c1-19-22-10-11-23(31(19)25(34)32(22)36-16-20-8-6-5-7-9-20)24(33)29-21-12-14-28(15-13-21)17-30(18-28)26(35)37-27(2,3)4/h5-9,21-24,29,33H,1,10-18H2,2-4H3/t22-,23+,24?/m1/s1. The van der Waals surface area contributed by atoms with E-state index in [1.807, 2.05) is 51.1 Å². The number of carbonyl (C=O) groups excluding carboxylic acids is 2. The zero-order valence-electron chi connectivity index (χ0n) is 22.2. The second-order valence-corrected chi connectivity index (χ2v) is 12.1. The molecule has 9 heteroatoms. The molecule has 2 bridgehead atoms. The number of nitrogens with one attached hydrogen (secondary N) is 1. The van der Waals surface area contributed by atoms with E-state index in [1.165, 1.54) is 5.06 Å². The fraction of sp³-hybridized carbons (Fsp3) is 0.643. The van der Waals surface area contributed by atoms with Crippen molar-refractivity contribution in [3.05, 3.63) is 48.2 Å². The molecule has 37 heavy (non-hydrogen) atoms. The van der Waals surface area contributed by atoms with Crippen molar-refractivity contribution in [2.75, 3.05) is 13.1 Å². The summed E-state index contributed by atoms with van der Waals surface area (Å²) in [6.07, 6.45) is 4.16. The van der Waals surface area contributed by atoms with E-state index in [1.54, 1.807) is 9.80 Å². The van der Waals surface area contributed by atoms with Gasteiger partial charge in [0.15, 0.2) is 0 Å². The van der Waals surface area contributed by atoms with Crippen LogP contribution in [-0.2, 0) is 16.2 Å². The second kappa shape index (κ2) is 9.93. The first-order chi connectivity index (χ1) is 17.6. The normalized spacial score (nSPS) is 26.4. The maximum Gasteiger partial charge on any atom is 0.410 e. The van der Waals surface area contributed by atoms with E-state index in [-0.39, 0.29) is 35.7 Å². The van der Waals surface area contributed by atoms with Crippen LogP contribution in [0.4, 0.5) is 9.59 Å². The number of hydrogen-bond donors (Lipinski definition) is 2. The number of carbonyl (C=O) groups is 2.